The largest absolute Gasteiger partial charge is 0.497 e. The van der Waals surface area contributed by atoms with Crippen molar-refractivity contribution in [3.8, 4) is 16.9 Å². The van der Waals surface area contributed by atoms with Crippen molar-refractivity contribution in [3.63, 3.8) is 0 Å². The van der Waals surface area contributed by atoms with Gasteiger partial charge in [0.05, 0.1) is 12.8 Å². The number of carbonyl (C=O) groups is 1. The van der Waals surface area contributed by atoms with E-state index in [-0.39, 0.29) is 12.5 Å². The van der Waals surface area contributed by atoms with E-state index in [4.69, 9.17) is 4.74 Å². The summed E-state index contributed by atoms with van der Waals surface area (Å²) < 4.78 is 7.03. The van der Waals surface area contributed by atoms with Crippen molar-refractivity contribution >= 4 is 16.9 Å². The zero-order chi connectivity index (χ0) is 23.5. The van der Waals surface area contributed by atoms with E-state index in [1.54, 1.807) is 18.0 Å². The number of amides is 1. The van der Waals surface area contributed by atoms with Gasteiger partial charge in [0.25, 0.3) is 0 Å². The molecule has 7 heteroatoms. The monoisotopic (exact) mass is 455 g/mol. The van der Waals surface area contributed by atoms with E-state index in [1.165, 1.54) is 5.56 Å². The lowest BCUT2D eigenvalue weighted by Crippen LogP contribution is -2.49. The van der Waals surface area contributed by atoms with Crippen LogP contribution >= 0.6 is 0 Å². The number of pyridine rings is 1. The molecule has 4 aromatic rings. The number of nitrogens with zero attached hydrogens (tertiary/aromatic N) is 5. The Morgan fingerprint density at radius 1 is 0.971 bits per heavy atom. The number of piperazine rings is 1. The molecule has 0 bridgehead atoms. The summed E-state index contributed by atoms with van der Waals surface area (Å²) in [6.45, 7) is 6.30. The summed E-state index contributed by atoms with van der Waals surface area (Å²) in [5.41, 5.74) is 5.03. The third kappa shape index (κ3) is 4.52. The van der Waals surface area contributed by atoms with Crippen LogP contribution in [0.5, 0.6) is 5.75 Å². The third-order valence-electron chi connectivity index (χ3n) is 6.47. The van der Waals surface area contributed by atoms with Crippen LogP contribution in [0.2, 0.25) is 0 Å². The van der Waals surface area contributed by atoms with Crippen LogP contribution in [0.1, 0.15) is 11.3 Å². The molecule has 2 aromatic heterocycles. The van der Waals surface area contributed by atoms with Gasteiger partial charge in [0.15, 0.2) is 5.65 Å². The summed E-state index contributed by atoms with van der Waals surface area (Å²) in [5.74, 6) is 0.899. The first kappa shape index (κ1) is 22.1. The predicted molar refractivity (Wildman–Crippen MR) is 133 cm³/mol. The fourth-order valence-electron chi connectivity index (χ4n) is 4.63. The summed E-state index contributed by atoms with van der Waals surface area (Å²) in [4.78, 5) is 22.0. The third-order valence-corrected chi connectivity index (χ3v) is 6.47. The van der Waals surface area contributed by atoms with Crippen LogP contribution in [0, 0.1) is 6.92 Å². The number of carbonyl (C=O) groups excluding carboxylic acids is 1. The van der Waals surface area contributed by atoms with Crippen molar-refractivity contribution in [2.45, 2.75) is 20.0 Å². The van der Waals surface area contributed by atoms with Gasteiger partial charge in [0.1, 0.15) is 12.3 Å². The Morgan fingerprint density at radius 3 is 2.41 bits per heavy atom. The van der Waals surface area contributed by atoms with Gasteiger partial charge in [-0.1, -0.05) is 42.5 Å². The van der Waals surface area contributed by atoms with Crippen LogP contribution in [0.3, 0.4) is 0 Å². The van der Waals surface area contributed by atoms with E-state index in [0.29, 0.717) is 0 Å². The summed E-state index contributed by atoms with van der Waals surface area (Å²) in [6, 6.07) is 20.4. The number of hydrogen-bond acceptors (Lipinski definition) is 5. The normalized spacial score (nSPS) is 14.5. The molecule has 7 nitrogen and oxygen atoms in total. The molecular weight excluding hydrogens is 426 g/mol. The number of methoxy groups -OCH3 is 1. The van der Waals surface area contributed by atoms with Crippen molar-refractivity contribution in [1.82, 2.24) is 24.6 Å². The van der Waals surface area contributed by atoms with E-state index in [9.17, 15) is 4.79 Å². The Bertz CT molecular complexity index is 1280. The predicted octanol–water partition coefficient (Wildman–Crippen LogP) is 3.76. The standard InChI is InChI=1S/C27H29N5O2/c1-20-26-24(22-8-10-23(34-2)11-9-22)12-13-28-27(26)32(29-20)19-25(33)31-16-14-30(15-17-31)18-21-6-4-3-5-7-21/h3-13H,14-19H2,1-2H3. The molecule has 0 radical (unpaired) electrons. The van der Waals surface area contributed by atoms with Crippen LogP contribution in [0.4, 0.5) is 0 Å². The van der Waals surface area contributed by atoms with Crippen molar-refractivity contribution in [2.75, 3.05) is 33.3 Å². The number of hydrogen-bond donors (Lipinski definition) is 0. The molecule has 0 unspecified atom stereocenters. The maximum atomic E-state index is 13.1. The summed E-state index contributed by atoms with van der Waals surface area (Å²) in [5, 5.41) is 5.67. The zero-order valence-corrected chi connectivity index (χ0v) is 19.6. The molecule has 34 heavy (non-hydrogen) atoms. The smallest absolute Gasteiger partial charge is 0.244 e. The van der Waals surface area contributed by atoms with Crippen LogP contribution < -0.4 is 4.74 Å². The van der Waals surface area contributed by atoms with Gasteiger partial charge in [-0.2, -0.15) is 5.10 Å². The lowest BCUT2D eigenvalue weighted by molar-refractivity contribution is -0.133. The molecular formula is C27H29N5O2. The van der Waals surface area contributed by atoms with Crippen molar-refractivity contribution in [1.29, 1.82) is 0 Å². The van der Waals surface area contributed by atoms with Gasteiger partial charge in [0.2, 0.25) is 5.91 Å². The second kappa shape index (κ2) is 9.65. The van der Waals surface area contributed by atoms with Crippen LogP contribution in [-0.4, -0.2) is 63.8 Å². The summed E-state index contributed by atoms with van der Waals surface area (Å²) in [6.07, 6.45) is 1.78. The number of rotatable bonds is 6. The van der Waals surface area contributed by atoms with Gasteiger partial charge >= 0.3 is 0 Å². The molecule has 0 saturated carbocycles. The molecule has 0 spiro atoms. The Morgan fingerprint density at radius 2 is 1.71 bits per heavy atom. The van der Waals surface area contributed by atoms with Crippen molar-refractivity contribution in [2.24, 2.45) is 0 Å². The highest BCUT2D eigenvalue weighted by molar-refractivity contribution is 5.95. The Balaban J connectivity index is 1.29. The number of fused-ring (bicyclic) bond motifs is 1. The van der Waals surface area contributed by atoms with E-state index < -0.39 is 0 Å². The Hall–Kier alpha value is -3.71. The fraction of sp³-hybridized carbons (Fsp3) is 0.296. The average molecular weight is 456 g/mol. The first-order valence-corrected chi connectivity index (χ1v) is 11.6. The minimum Gasteiger partial charge on any atom is -0.497 e. The first-order valence-electron chi connectivity index (χ1n) is 11.6. The first-order chi connectivity index (χ1) is 16.6. The minimum atomic E-state index is 0.0837. The fourth-order valence-corrected chi connectivity index (χ4v) is 4.63. The topological polar surface area (TPSA) is 63.5 Å². The zero-order valence-electron chi connectivity index (χ0n) is 19.6. The molecule has 2 aromatic carbocycles. The minimum absolute atomic E-state index is 0.0837. The Labute approximate surface area is 199 Å². The van der Waals surface area contributed by atoms with E-state index in [1.807, 2.05) is 48.2 Å². The van der Waals surface area contributed by atoms with Gasteiger partial charge in [-0.05, 0) is 41.8 Å². The van der Waals surface area contributed by atoms with Gasteiger partial charge in [0, 0.05) is 44.3 Å². The second-order valence-corrected chi connectivity index (χ2v) is 8.67. The highest BCUT2D eigenvalue weighted by Gasteiger charge is 2.23. The Kier molecular flexibility index (Phi) is 6.27. The molecule has 5 rings (SSSR count). The van der Waals surface area contributed by atoms with Crippen molar-refractivity contribution in [3.05, 3.63) is 78.1 Å². The summed E-state index contributed by atoms with van der Waals surface area (Å²) in [7, 11) is 1.66. The molecule has 3 heterocycles. The lowest BCUT2D eigenvalue weighted by Gasteiger charge is -2.34. The number of benzene rings is 2. The van der Waals surface area contributed by atoms with Crippen LogP contribution in [-0.2, 0) is 17.9 Å². The van der Waals surface area contributed by atoms with Gasteiger partial charge in [-0.15, -0.1) is 0 Å². The van der Waals surface area contributed by atoms with Crippen molar-refractivity contribution < 1.29 is 9.53 Å². The summed E-state index contributed by atoms with van der Waals surface area (Å²) >= 11 is 0. The SMILES string of the molecule is COc1ccc(-c2ccnc3c2c(C)nn3CC(=O)N2CCN(Cc3ccccc3)CC2)cc1. The van der Waals surface area contributed by atoms with Crippen LogP contribution in [0.15, 0.2) is 66.9 Å². The molecule has 1 aliphatic heterocycles. The maximum Gasteiger partial charge on any atom is 0.244 e. The van der Waals surface area contributed by atoms with Gasteiger partial charge in [-0.25, -0.2) is 9.67 Å². The average Bonchev–Trinajstić information content (AvgIpc) is 3.20. The molecule has 1 amide bonds. The highest BCUT2D eigenvalue weighted by Crippen LogP contribution is 2.31. The van der Waals surface area contributed by atoms with Gasteiger partial charge in [-0.3, -0.25) is 9.69 Å². The van der Waals surface area contributed by atoms with Crippen LogP contribution in [0.25, 0.3) is 22.2 Å². The molecule has 0 N–H and O–H groups in total. The molecule has 0 atom stereocenters. The maximum absolute atomic E-state index is 13.1. The molecule has 1 saturated heterocycles. The lowest BCUT2D eigenvalue weighted by atomic mass is 10.0. The quantitative estimate of drug-likeness (QED) is 0.443. The molecule has 1 fully saturated rings. The van der Waals surface area contributed by atoms with E-state index in [0.717, 1.165) is 66.3 Å². The number of aryl methyl sites for hydroxylation is 1. The number of ether oxygens (including phenoxy) is 1. The molecule has 0 aliphatic carbocycles. The number of aromatic nitrogens is 3. The molecule has 1 aliphatic rings. The molecule has 174 valence electrons. The van der Waals surface area contributed by atoms with Gasteiger partial charge < -0.3 is 9.64 Å². The highest BCUT2D eigenvalue weighted by atomic mass is 16.5. The van der Waals surface area contributed by atoms with E-state index in [2.05, 4.69) is 39.2 Å². The second-order valence-electron chi connectivity index (χ2n) is 8.67. The van der Waals surface area contributed by atoms with E-state index >= 15 is 0 Å².